The topological polar surface area (TPSA) is 93.4 Å². The molecule has 194 valence electrons. The minimum Gasteiger partial charge on any atom is -0.345 e. The van der Waals surface area contributed by atoms with E-state index in [1.165, 1.54) is 22.6 Å². The molecule has 2 aliphatic heterocycles. The average Bonchev–Trinajstić information content (AvgIpc) is 3.50. The molecule has 0 bridgehead atoms. The lowest BCUT2D eigenvalue weighted by Gasteiger charge is -2.38. The number of hydrogen-bond donors (Lipinski definition) is 3. The third-order valence-electron chi connectivity index (χ3n) is 6.94. The summed E-state index contributed by atoms with van der Waals surface area (Å²) in [5.41, 5.74) is 2.31. The van der Waals surface area contributed by atoms with Crippen LogP contribution in [0.4, 0.5) is 23.7 Å². The number of halogens is 3. The molecular weight excluding hydrogens is 485 g/mol. The lowest BCUT2D eigenvalue weighted by molar-refractivity contribution is -0.137. The molecule has 2 saturated heterocycles. The highest BCUT2D eigenvalue weighted by Crippen LogP contribution is 2.31. The Bertz CT molecular complexity index is 1250. The lowest BCUT2D eigenvalue weighted by Crippen LogP contribution is -2.52. The van der Waals surface area contributed by atoms with Crippen LogP contribution in [0.15, 0.2) is 61.1 Å². The van der Waals surface area contributed by atoms with Crippen LogP contribution in [0.1, 0.15) is 24.0 Å². The number of aromatic nitrogens is 2. The van der Waals surface area contributed by atoms with E-state index in [2.05, 4.69) is 37.6 Å². The number of carbonyl (C=O) groups is 2. The van der Waals surface area contributed by atoms with Crippen molar-refractivity contribution in [3.63, 3.8) is 0 Å². The second kappa shape index (κ2) is 9.89. The number of likely N-dealkylation sites (tertiary alicyclic amines) is 1. The highest BCUT2D eigenvalue weighted by molar-refractivity contribution is 5.94. The summed E-state index contributed by atoms with van der Waals surface area (Å²) in [5.74, 6) is -0.457. The van der Waals surface area contributed by atoms with E-state index in [1.807, 2.05) is 12.1 Å². The molecular formula is C26H27F3N6O2. The van der Waals surface area contributed by atoms with E-state index < -0.39 is 17.6 Å². The van der Waals surface area contributed by atoms with E-state index in [9.17, 15) is 22.8 Å². The highest BCUT2D eigenvalue weighted by atomic mass is 19.4. The number of piperidine rings is 1. The molecule has 8 nitrogen and oxygen atoms in total. The van der Waals surface area contributed by atoms with Gasteiger partial charge in [0.2, 0.25) is 5.91 Å². The van der Waals surface area contributed by atoms with E-state index in [0.29, 0.717) is 6.54 Å². The van der Waals surface area contributed by atoms with Crippen LogP contribution in [0.3, 0.4) is 0 Å². The van der Waals surface area contributed by atoms with Gasteiger partial charge in [0.05, 0.1) is 29.3 Å². The Hall–Kier alpha value is -3.86. The summed E-state index contributed by atoms with van der Waals surface area (Å²) in [4.78, 5) is 36.1. The predicted octanol–water partition coefficient (Wildman–Crippen LogP) is 4.09. The van der Waals surface area contributed by atoms with Gasteiger partial charge in [-0.1, -0.05) is 18.2 Å². The van der Waals surface area contributed by atoms with Gasteiger partial charge in [0, 0.05) is 31.9 Å². The van der Waals surface area contributed by atoms with Crippen molar-refractivity contribution in [2.24, 2.45) is 0 Å². The first-order valence-corrected chi connectivity index (χ1v) is 12.0. The summed E-state index contributed by atoms with van der Waals surface area (Å²) in [6, 6.07) is 12.2. The predicted molar refractivity (Wildman–Crippen MR) is 131 cm³/mol. The maximum absolute atomic E-state index is 12.7. The van der Waals surface area contributed by atoms with Crippen molar-refractivity contribution in [3.8, 4) is 11.3 Å². The number of amides is 3. The molecule has 1 spiro atoms. The number of imidazole rings is 1. The normalized spacial score (nSPS) is 17.7. The summed E-state index contributed by atoms with van der Waals surface area (Å²) in [6.07, 6.45) is 0.530. The molecule has 0 aliphatic carbocycles. The monoisotopic (exact) mass is 512 g/mol. The van der Waals surface area contributed by atoms with Crippen LogP contribution in [0.5, 0.6) is 0 Å². The van der Waals surface area contributed by atoms with Gasteiger partial charge in [-0.25, -0.2) is 9.78 Å². The molecule has 0 atom stereocenters. The number of hydrogen-bond acceptors (Lipinski definition) is 4. The molecule has 0 saturated carbocycles. The maximum Gasteiger partial charge on any atom is 0.416 e. The number of nitrogens with one attached hydrogen (secondary N) is 3. The standard InChI is InChI=1S/C26H27F3N6O2/c27-26(28,29)20-4-6-21(7-5-20)32-23(36)15-35-16-25(33-24(35)37)8-10-34(11-9-25)14-18-2-1-3-19(12-18)22-13-30-17-31-22/h1-7,12-13,17H,8-11,14-16H2,(H,30,31)(H,32,36)(H,33,37). The van der Waals surface area contributed by atoms with E-state index in [0.717, 1.165) is 55.9 Å². The van der Waals surface area contributed by atoms with Crippen molar-refractivity contribution >= 4 is 17.6 Å². The Morgan fingerprint density at radius 3 is 2.54 bits per heavy atom. The van der Waals surface area contributed by atoms with Gasteiger partial charge in [0.15, 0.2) is 0 Å². The number of aromatic amines is 1. The van der Waals surface area contributed by atoms with Crippen LogP contribution in [0, 0.1) is 0 Å². The summed E-state index contributed by atoms with van der Waals surface area (Å²) < 4.78 is 38.2. The third-order valence-corrected chi connectivity index (χ3v) is 6.94. The quantitative estimate of drug-likeness (QED) is 0.464. The first-order chi connectivity index (χ1) is 17.7. The molecule has 2 aromatic carbocycles. The molecule has 3 amide bonds. The van der Waals surface area contributed by atoms with Gasteiger partial charge >= 0.3 is 12.2 Å². The second-order valence-corrected chi connectivity index (χ2v) is 9.63. The van der Waals surface area contributed by atoms with E-state index in [4.69, 9.17) is 0 Å². The zero-order chi connectivity index (χ0) is 26.0. The number of rotatable bonds is 6. The zero-order valence-corrected chi connectivity index (χ0v) is 20.0. The first kappa shape index (κ1) is 24.8. The summed E-state index contributed by atoms with van der Waals surface area (Å²) in [5, 5.41) is 5.63. The molecule has 3 N–H and O–H groups in total. The van der Waals surface area contributed by atoms with Crippen molar-refractivity contribution < 1.29 is 22.8 Å². The Morgan fingerprint density at radius 1 is 1.11 bits per heavy atom. The largest absolute Gasteiger partial charge is 0.416 e. The van der Waals surface area contributed by atoms with Crippen molar-refractivity contribution in [2.75, 3.05) is 31.5 Å². The van der Waals surface area contributed by atoms with Gasteiger partial charge < -0.3 is 20.5 Å². The maximum atomic E-state index is 12.7. The fourth-order valence-electron chi connectivity index (χ4n) is 4.96. The molecule has 37 heavy (non-hydrogen) atoms. The number of urea groups is 1. The molecule has 0 radical (unpaired) electrons. The molecule has 0 unspecified atom stereocenters. The SMILES string of the molecule is O=C(CN1CC2(CCN(Cc3cccc(-c4cnc[nH]4)c3)CC2)NC1=O)Nc1ccc(C(F)(F)F)cc1. The minimum atomic E-state index is -4.44. The van der Waals surface area contributed by atoms with Gasteiger partial charge in [-0.2, -0.15) is 13.2 Å². The van der Waals surface area contributed by atoms with Crippen molar-refractivity contribution in [3.05, 3.63) is 72.2 Å². The Kier molecular flexibility index (Phi) is 6.63. The Labute approximate surface area is 211 Å². The number of anilines is 1. The summed E-state index contributed by atoms with van der Waals surface area (Å²) in [6.45, 7) is 2.65. The number of benzene rings is 2. The molecule has 2 fully saturated rings. The zero-order valence-electron chi connectivity index (χ0n) is 20.0. The van der Waals surface area contributed by atoms with Crippen LogP contribution in [0.25, 0.3) is 11.3 Å². The van der Waals surface area contributed by atoms with Gasteiger partial charge in [-0.15, -0.1) is 0 Å². The minimum absolute atomic E-state index is 0.168. The molecule has 3 aromatic rings. The van der Waals surface area contributed by atoms with Crippen LogP contribution in [-0.4, -0.2) is 63.4 Å². The highest BCUT2D eigenvalue weighted by Gasteiger charge is 2.44. The molecule has 2 aliphatic rings. The number of carbonyl (C=O) groups excluding carboxylic acids is 2. The van der Waals surface area contributed by atoms with E-state index >= 15 is 0 Å². The van der Waals surface area contributed by atoms with Crippen LogP contribution >= 0.6 is 0 Å². The summed E-state index contributed by atoms with van der Waals surface area (Å²) >= 11 is 0. The number of alkyl halides is 3. The smallest absolute Gasteiger partial charge is 0.345 e. The van der Waals surface area contributed by atoms with Gasteiger partial charge in [0.25, 0.3) is 0 Å². The van der Waals surface area contributed by atoms with Crippen LogP contribution in [0.2, 0.25) is 0 Å². The van der Waals surface area contributed by atoms with E-state index in [-0.39, 0.29) is 23.8 Å². The molecule has 11 heteroatoms. The van der Waals surface area contributed by atoms with Gasteiger partial charge in [-0.3, -0.25) is 9.69 Å². The second-order valence-electron chi connectivity index (χ2n) is 9.63. The Balaban J connectivity index is 1.12. The van der Waals surface area contributed by atoms with E-state index in [1.54, 1.807) is 12.5 Å². The van der Waals surface area contributed by atoms with Gasteiger partial charge in [0.1, 0.15) is 6.54 Å². The Morgan fingerprint density at radius 2 is 1.86 bits per heavy atom. The molecule has 1 aromatic heterocycles. The lowest BCUT2D eigenvalue weighted by atomic mass is 9.88. The van der Waals surface area contributed by atoms with Crippen molar-refractivity contribution in [1.82, 2.24) is 25.1 Å². The third kappa shape index (κ3) is 5.77. The fourth-order valence-corrected chi connectivity index (χ4v) is 4.96. The first-order valence-electron chi connectivity index (χ1n) is 12.0. The average molecular weight is 513 g/mol. The molecule has 3 heterocycles. The van der Waals surface area contributed by atoms with Crippen molar-refractivity contribution in [2.45, 2.75) is 31.1 Å². The van der Waals surface area contributed by atoms with Crippen LogP contribution in [-0.2, 0) is 17.5 Å². The number of H-pyrrole nitrogens is 1. The van der Waals surface area contributed by atoms with Gasteiger partial charge in [-0.05, 0) is 54.3 Å². The summed E-state index contributed by atoms with van der Waals surface area (Å²) in [7, 11) is 0. The molecule has 5 rings (SSSR count). The number of nitrogens with zero attached hydrogens (tertiary/aromatic N) is 3. The van der Waals surface area contributed by atoms with Crippen molar-refractivity contribution in [1.29, 1.82) is 0 Å². The van der Waals surface area contributed by atoms with Crippen LogP contribution < -0.4 is 10.6 Å². The fraction of sp³-hybridized carbons (Fsp3) is 0.346.